The molecule has 0 aliphatic heterocycles. The van der Waals surface area contributed by atoms with Gasteiger partial charge >= 0.3 is 0 Å². The fourth-order valence-electron chi connectivity index (χ4n) is 2.19. The Hall–Kier alpha value is -1.30. The summed E-state index contributed by atoms with van der Waals surface area (Å²) in [6.45, 7) is 5.50. The molecule has 1 N–H and O–H groups in total. The van der Waals surface area contributed by atoms with Crippen molar-refractivity contribution in [1.29, 1.82) is 0 Å². The monoisotopic (exact) mass is 308 g/mol. The molecule has 0 amide bonds. The van der Waals surface area contributed by atoms with E-state index in [1.54, 1.807) is 18.4 Å². The molecule has 0 bridgehead atoms. The number of nitrogens with zero attached hydrogens (tertiary/aromatic N) is 1. The Morgan fingerprint density at radius 3 is 2.52 bits per heavy atom. The predicted octanol–water partition coefficient (Wildman–Crippen LogP) is 3.47. The van der Waals surface area contributed by atoms with E-state index in [0.717, 1.165) is 22.8 Å². The van der Waals surface area contributed by atoms with E-state index >= 15 is 0 Å². The van der Waals surface area contributed by atoms with Crippen LogP contribution in [0, 0.1) is 5.82 Å². The molecular formula is C16H21FN2OS. The normalized spacial score (nSPS) is 11.9. The van der Waals surface area contributed by atoms with Crippen molar-refractivity contribution < 1.29 is 9.13 Å². The van der Waals surface area contributed by atoms with Crippen LogP contribution in [0.1, 0.15) is 35.0 Å². The molecule has 1 aromatic heterocycles. The molecule has 0 saturated heterocycles. The second kappa shape index (κ2) is 6.64. The van der Waals surface area contributed by atoms with Crippen LogP contribution in [-0.4, -0.2) is 19.1 Å². The number of nitrogens with one attached hydrogen (secondary N) is 1. The highest BCUT2D eigenvalue weighted by Gasteiger charge is 2.28. The first-order chi connectivity index (χ1) is 9.98. The fourth-order valence-corrected chi connectivity index (χ4v) is 3.39. The molecule has 0 aliphatic rings. The van der Waals surface area contributed by atoms with E-state index in [0.29, 0.717) is 6.61 Å². The van der Waals surface area contributed by atoms with E-state index in [2.05, 4.69) is 19.2 Å². The molecule has 0 atom stereocenters. The van der Waals surface area contributed by atoms with Gasteiger partial charge in [-0.1, -0.05) is 12.1 Å². The molecule has 0 radical (unpaired) electrons. The van der Waals surface area contributed by atoms with Crippen molar-refractivity contribution >= 4 is 11.3 Å². The van der Waals surface area contributed by atoms with Gasteiger partial charge < -0.3 is 10.1 Å². The third kappa shape index (κ3) is 3.48. The van der Waals surface area contributed by atoms with Crippen LogP contribution in [0.3, 0.4) is 0 Å². The van der Waals surface area contributed by atoms with Crippen LogP contribution in [0.15, 0.2) is 24.3 Å². The quantitative estimate of drug-likeness (QED) is 0.887. The molecule has 1 heterocycles. The summed E-state index contributed by atoms with van der Waals surface area (Å²) in [6, 6.07) is 6.64. The van der Waals surface area contributed by atoms with Gasteiger partial charge in [0, 0.05) is 23.9 Å². The Morgan fingerprint density at radius 2 is 1.95 bits per heavy atom. The lowest BCUT2D eigenvalue weighted by atomic mass is 9.85. The van der Waals surface area contributed by atoms with E-state index in [1.807, 2.05) is 19.2 Å². The molecular weight excluding hydrogens is 287 g/mol. The minimum Gasteiger partial charge on any atom is -0.378 e. The summed E-state index contributed by atoms with van der Waals surface area (Å²) < 4.78 is 18.3. The molecule has 21 heavy (non-hydrogen) atoms. The first-order valence-corrected chi connectivity index (χ1v) is 7.69. The van der Waals surface area contributed by atoms with Crippen LogP contribution in [0.4, 0.5) is 4.39 Å². The highest BCUT2D eigenvalue weighted by atomic mass is 32.1. The number of benzene rings is 1. The smallest absolute Gasteiger partial charge is 0.123 e. The largest absolute Gasteiger partial charge is 0.378 e. The molecule has 2 rings (SSSR count). The van der Waals surface area contributed by atoms with Gasteiger partial charge in [-0.25, -0.2) is 9.37 Å². The second-order valence-corrected chi connectivity index (χ2v) is 6.57. The number of hydrogen-bond donors (Lipinski definition) is 1. The first kappa shape index (κ1) is 16.1. The Labute approximate surface area is 129 Å². The Balaban J connectivity index is 2.39. The number of ether oxygens (including phenoxy) is 1. The average molecular weight is 308 g/mol. The van der Waals surface area contributed by atoms with Crippen LogP contribution in [0.25, 0.3) is 0 Å². The Morgan fingerprint density at radius 1 is 1.29 bits per heavy atom. The van der Waals surface area contributed by atoms with E-state index in [1.165, 1.54) is 17.0 Å². The van der Waals surface area contributed by atoms with Crippen LogP contribution in [-0.2, 0) is 23.3 Å². The molecule has 5 heteroatoms. The first-order valence-electron chi connectivity index (χ1n) is 6.87. The van der Waals surface area contributed by atoms with E-state index in [9.17, 15) is 4.39 Å². The van der Waals surface area contributed by atoms with Gasteiger partial charge in [-0.15, -0.1) is 11.3 Å². The van der Waals surface area contributed by atoms with Crippen LogP contribution >= 0.6 is 11.3 Å². The van der Waals surface area contributed by atoms with Gasteiger partial charge in [-0.05, 0) is 38.6 Å². The third-order valence-corrected chi connectivity index (χ3v) is 4.92. The Kier molecular flexibility index (Phi) is 5.08. The molecule has 0 spiro atoms. The molecule has 0 saturated carbocycles. The minimum atomic E-state index is -0.257. The van der Waals surface area contributed by atoms with Gasteiger partial charge in [0.25, 0.3) is 0 Å². The maximum Gasteiger partial charge on any atom is 0.123 e. The summed E-state index contributed by atoms with van der Waals surface area (Å²) in [5, 5.41) is 4.18. The lowest BCUT2D eigenvalue weighted by Gasteiger charge is -2.22. The lowest BCUT2D eigenvalue weighted by molar-refractivity contribution is 0.181. The molecule has 114 valence electrons. The number of aromatic nitrogens is 1. The van der Waals surface area contributed by atoms with Crippen molar-refractivity contribution in [2.75, 3.05) is 14.2 Å². The zero-order valence-electron chi connectivity index (χ0n) is 12.9. The van der Waals surface area contributed by atoms with Gasteiger partial charge in [0.15, 0.2) is 0 Å². The van der Waals surface area contributed by atoms with Crippen molar-refractivity contribution in [3.63, 3.8) is 0 Å². The molecule has 3 nitrogen and oxygen atoms in total. The second-order valence-electron chi connectivity index (χ2n) is 5.48. The SMILES string of the molecule is CNCc1sc(C(C)(C)c2ccc(F)cc2)nc1COC. The number of methoxy groups -OCH3 is 1. The predicted molar refractivity (Wildman–Crippen MR) is 84.1 cm³/mol. The molecule has 0 fully saturated rings. The standard InChI is InChI=1S/C16H21FN2OS/c1-16(2,11-5-7-12(17)8-6-11)15-19-13(10-20-4)14(21-15)9-18-3/h5-8,18H,9-10H2,1-4H3. The summed E-state index contributed by atoms with van der Waals surface area (Å²) in [4.78, 5) is 5.93. The van der Waals surface area contributed by atoms with E-state index < -0.39 is 0 Å². The molecule has 0 aliphatic carbocycles. The topological polar surface area (TPSA) is 34.2 Å². The molecule has 0 unspecified atom stereocenters. The highest BCUT2D eigenvalue weighted by Crippen LogP contribution is 2.35. The van der Waals surface area contributed by atoms with Gasteiger partial charge in [0.1, 0.15) is 10.8 Å². The van der Waals surface area contributed by atoms with Crippen molar-refractivity contribution in [2.24, 2.45) is 0 Å². The number of thiazole rings is 1. The van der Waals surface area contributed by atoms with Crippen molar-refractivity contribution in [1.82, 2.24) is 10.3 Å². The number of hydrogen-bond acceptors (Lipinski definition) is 4. The molecule has 2 aromatic rings. The van der Waals surface area contributed by atoms with Gasteiger partial charge in [0.2, 0.25) is 0 Å². The maximum atomic E-state index is 13.1. The summed E-state index contributed by atoms with van der Waals surface area (Å²) >= 11 is 1.68. The van der Waals surface area contributed by atoms with Crippen LogP contribution in [0.5, 0.6) is 0 Å². The zero-order chi connectivity index (χ0) is 15.5. The summed E-state index contributed by atoms with van der Waals surface area (Å²) in [6.07, 6.45) is 0. The summed E-state index contributed by atoms with van der Waals surface area (Å²) in [7, 11) is 3.59. The Bertz CT molecular complexity index is 569. The van der Waals surface area contributed by atoms with E-state index in [-0.39, 0.29) is 11.2 Å². The summed E-state index contributed by atoms with van der Waals surface area (Å²) in [5.41, 5.74) is 1.77. The minimum absolute atomic E-state index is 0.218. The number of rotatable bonds is 6. The number of halogens is 1. The van der Waals surface area contributed by atoms with Crippen molar-refractivity contribution in [2.45, 2.75) is 32.4 Å². The summed E-state index contributed by atoms with van der Waals surface area (Å²) in [5.74, 6) is -0.218. The lowest BCUT2D eigenvalue weighted by Crippen LogP contribution is -2.18. The highest BCUT2D eigenvalue weighted by molar-refractivity contribution is 7.12. The fraction of sp³-hybridized carbons (Fsp3) is 0.438. The average Bonchev–Trinajstić information content (AvgIpc) is 2.84. The van der Waals surface area contributed by atoms with Crippen molar-refractivity contribution in [3.05, 3.63) is 51.2 Å². The zero-order valence-corrected chi connectivity index (χ0v) is 13.7. The van der Waals surface area contributed by atoms with Gasteiger partial charge in [-0.3, -0.25) is 0 Å². The van der Waals surface area contributed by atoms with Gasteiger partial charge in [-0.2, -0.15) is 0 Å². The third-order valence-electron chi connectivity index (χ3n) is 3.50. The van der Waals surface area contributed by atoms with Gasteiger partial charge in [0.05, 0.1) is 12.3 Å². The molecule has 1 aromatic carbocycles. The van der Waals surface area contributed by atoms with Crippen LogP contribution < -0.4 is 5.32 Å². The van der Waals surface area contributed by atoms with Crippen molar-refractivity contribution in [3.8, 4) is 0 Å². The van der Waals surface area contributed by atoms with E-state index in [4.69, 9.17) is 9.72 Å². The van der Waals surface area contributed by atoms with Crippen LogP contribution in [0.2, 0.25) is 0 Å². The maximum absolute atomic E-state index is 13.1.